The van der Waals surface area contributed by atoms with Crippen LogP contribution in [0.4, 0.5) is 5.69 Å². The van der Waals surface area contributed by atoms with Crippen LogP contribution in [0, 0.1) is 6.92 Å². The Bertz CT molecular complexity index is 961. The molecular formula is C17H13Cl3N4OS. The van der Waals surface area contributed by atoms with Crippen LogP contribution in [0.5, 0.6) is 0 Å². The van der Waals surface area contributed by atoms with Gasteiger partial charge in [-0.15, -0.1) is 10.2 Å². The van der Waals surface area contributed by atoms with Crippen LogP contribution in [-0.4, -0.2) is 26.4 Å². The van der Waals surface area contributed by atoms with Gasteiger partial charge in [-0.1, -0.05) is 52.6 Å². The topological polar surface area (TPSA) is 59.8 Å². The summed E-state index contributed by atoms with van der Waals surface area (Å²) in [6.07, 6.45) is 1.58. The summed E-state index contributed by atoms with van der Waals surface area (Å²) in [4.78, 5) is 12.2. The van der Waals surface area contributed by atoms with E-state index in [1.807, 2.05) is 25.1 Å². The summed E-state index contributed by atoms with van der Waals surface area (Å²) < 4.78 is 1.78. The standard InChI is InChI=1S/C17H13Cl3N4OS/c1-10-2-4-12(7-14(10)19)24-9-21-23-17(24)26-8-16(25)22-11-3-5-13(18)15(20)6-11/h2-7,9H,8H2,1H3,(H,22,25). The number of hydrogen-bond acceptors (Lipinski definition) is 4. The van der Waals surface area contributed by atoms with E-state index in [4.69, 9.17) is 34.8 Å². The molecule has 0 saturated carbocycles. The quantitative estimate of drug-likeness (QED) is 0.564. The maximum Gasteiger partial charge on any atom is 0.234 e. The average Bonchev–Trinajstić information content (AvgIpc) is 3.07. The normalized spacial score (nSPS) is 10.8. The van der Waals surface area contributed by atoms with Gasteiger partial charge in [-0.25, -0.2) is 0 Å². The number of amides is 1. The Kier molecular flexibility index (Phi) is 6.09. The zero-order valence-electron chi connectivity index (χ0n) is 13.5. The average molecular weight is 428 g/mol. The van der Waals surface area contributed by atoms with Gasteiger partial charge in [0.1, 0.15) is 6.33 Å². The molecule has 9 heteroatoms. The lowest BCUT2D eigenvalue weighted by molar-refractivity contribution is -0.113. The van der Waals surface area contributed by atoms with Gasteiger partial charge in [-0.3, -0.25) is 9.36 Å². The number of carbonyl (C=O) groups is 1. The van der Waals surface area contributed by atoms with Crippen LogP contribution in [0.25, 0.3) is 5.69 Å². The Balaban J connectivity index is 1.66. The third-order valence-electron chi connectivity index (χ3n) is 3.49. The van der Waals surface area contributed by atoms with Crippen LogP contribution in [0.3, 0.4) is 0 Å². The van der Waals surface area contributed by atoms with Crippen molar-refractivity contribution in [3.8, 4) is 5.69 Å². The fourth-order valence-electron chi connectivity index (χ4n) is 2.13. The van der Waals surface area contributed by atoms with Crippen LogP contribution in [0.1, 0.15) is 5.56 Å². The molecule has 26 heavy (non-hydrogen) atoms. The zero-order valence-corrected chi connectivity index (χ0v) is 16.6. The summed E-state index contributed by atoms with van der Waals surface area (Å²) in [5, 5.41) is 12.8. The van der Waals surface area contributed by atoms with Crippen molar-refractivity contribution in [1.29, 1.82) is 0 Å². The van der Waals surface area contributed by atoms with E-state index in [1.54, 1.807) is 29.1 Å². The SMILES string of the molecule is Cc1ccc(-n2cnnc2SCC(=O)Nc2ccc(Cl)c(Cl)c2)cc1Cl. The maximum absolute atomic E-state index is 12.2. The molecule has 2 aromatic carbocycles. The van der Waals surface area contributed by atoms with Crippen LogP contribution < -0.4 is 5.32 Å². The van der Waals surface area contributed by atoms with E-state index in [0.717, 1.165) is 11.3 Å². The molecule has 3 aromatic rings. The molecule has 0 unspecified atom stereocenters. The smallest absolute Gasteiger partial charge is 0.234 e. The van der Waals surface area contributed by atoms with Gasteiger partial charge in [0.25, 0.3) is 0 Å². The monoisotopic (exact) mass is 426 g/mol. The lowest BCUT2D eigenvalue weighted by Gasteiger charge is -2.08. The van der Waals surface area contributed by atoms with E-state index in [0.29, 0.717) is 25.9 Å². The number of anilines is 1. The molecule has 0 radical (unpaired) electrons. The van der Waals surface area contributed by atoms with Gasteiger partial charge < -0.3 is 5.32 Å². The fraction of sp³-hybridized carbons (Fsp3) is 0.118. The maximum atomic E-state index is 12.2. The van der Waals surface area contributed by atoms with E-state index in [2.05, 4.69) is 15.5 Å². The summed E-state index contributed by atoms with van der Waals surface area (Å²) in [6, 6.07) is 10.6. The minimum atomic E-state index is -0.190. The van der Waals surface area contributed by atoms with Crippen LogP contribution >= 0.6 is 46.6 Å². The first-order chi connectivity index (χ1) is 12.4. The van der Waals surface area contributed by atoms with Crippen LogP contribution in [-0.2, 0) is 4.79 Å². The molecule has 0 fully saturated rings. The van der Waals surface area contributed by atoms with Gasteiger partial charge >= 0.3 is 0 Å². The van der Waals surface area contributed by atoms with Crippen molar-refractivity contribution >= 4 is 58.2 Å². The van der Waals surface area contributed by atoms with E-state index in [9.17, 15) is 4.79 Å². The molecule has 5 nitrogen and oxygen atoms in total. The minimum absolute atomic E-state index is 0.165. The summed E-state index contributed by atoms with van der Waals surface area (Å²) in [7, 11) is 0. The second-order valence-electron chi connectivity index (χ2n) is 5.38. The van der Waals surface area contributed by atoms with Crippen molar-refractivity contribution in [3.63, 3.8) is 0 Å². The molecule has 1 N–H and O–H groups in total. The minimum Gasteiger partial charge on any atom is -0.325 e. The van der Waals surface area contributed by atoms with Crippen molar-refractivity contribution in [2.75, 3.05) is 11.1 Å². The third kappa shape index (κ3) is 4.51. The molecule has 1 aromatic heterocycles. The lowest BCUT2D eigenvalue weighted by atomic mass is 10.2. The van der Waals surface area contributed by atoms with E-state index < -0.39 is 0 Å². The number of nitrogens with one attached hydrogen (secondary N) is 1. The number of benzene rings is 2. The Morgan fingerprint density at radius 3 is 2.65 bits per heavy atom. The Hall–Kier alpha value is -1.73. The highest BCUT2D eigenvalue weighted by molar-refractivity contribution is 7.99. The van der Waals surface area contributed by atoms with Gasteiger partial charge in [-0.2, -0.15) is 0 Å². The van der Waals surface area contributed by atoms with Crippen LogP contribution in [0.2, 0.25) is 15.1 Å². The largest absolute Gasteiger partial charge is 0.325 e. The Morgan fingerprint density at radius 2 is 1.92 bits per heavy atom. The molecule has 0 spiro atoms. The third-order valence-corrected chi connectivity index (χ3v) is 5.58. The van der Waals surface area contributed by atoms with Gasteiger partial charge in [0.2, 0.25) is 5.91 Å². The summed E-state index contributed by atoms with van der Waals surface area (Å²) in [6.45, 7) is 1.93. The zero-order chi connectivity index (χ0) is 18.7. The van der Waals surface area contributed by atoms with E-state index >= 15 is 0 Å². The molecule has 3 rings (SSSR count). The summed E-state index contributed by atoms with van der Waals surface area (Å²) >= 11 is 19.3. The van der Waals surface area contributed by atoms with Gasteiger partial charge in [0.05, 0.1) is 21.5 Å². The highest BCUT2D eigenvalue weighted by atomic mass is 35.5. The summed E-state index contributed by atoms with van der Waals surface area (Å²) in [5.74, 6) is -0.0247. The number of hydrogen-bond donors (Lipinski definition) is 1. The van der Waals surface area contributed by atoms with Crippen LogP contribution in [0.15, 0.2) is 47.9 Å². The Morgan fingerprint density at radius 1 is 1.12 bits per heavy atom. The van der Waals surface area contributed by atoms with Gasteiger partial charge in [0, 0.05) is 10.7 Å². The summed E-state index contributed by atoms with van der Waals surface area (Å²) in [5.41, 5.74) is 2.40. The number of carbonyl (C=O) groups excluding carboxylic acids is 1. The molecule has 0 saturated heterocycles. The number of nitrogens with zero attached hydrogens (tertiary/aromatic N) is 3. The number of aromatic nitrogens is 3. The number of thioether (sulfide) groups is 1. The molecule has 0 bridgehead atoms. The molecule has 0 aliphatic rings. The van der Waals surface area contributed by atoms with Crippen molar-refractivity contribution in [1.82, 2.24) is 14.8 Å². The highest BCUT2D eigenvalue weighted by Crippen LogP contribution is 2.26. The molecule has 1 heterocycles. The predicted molar refractivity (Wildman–Crippen MR) is 107 cm³/mol. The van der Waals surface area contributed by atoms with Gasteiger partial charge in [0.15, 0.2) is 5.16 Å². The van der Waals surface area contributed by atoms with E-state index in [-0.39, 0.29) is 11.7 Å². The first-order valence-electron chi connectivity index (χ1n) is 7.48. The number of rotatable bonds is 5. The molecule has 134 valence electrons. The first kappa shape index (κ1) is 19.0. The number of halogens is 3. The predicted octanol–water partition coefficient (Wildman–Crippen LogP) is 5.27. The second kappa shape index (κ2) is 8.31. The number of aryl methyl sites for hydroxylation is 1. The van der Waals surface area contributed by atoms with Crippen molar-refractivity contribution < 1.29 is 4.79 Å². The molecule has 0 atom stereocenters. The fourth-order valence-corrected chi connectivity index (χ4v) is 3.33. The molecule has 0 aliphatic carbocycles. The van der Waals surface area contributed by atoms with Crippen molar-refractivity contribution in [2.24, 2.45) is 0 Å². The highest BCUT2D eigenvalue weighted by Gasteiger charge is 2.11. The van der Waals surface area contributed by atoms with Crippen molar-refractivity contribution in [3.05, 3.63) is 63.4 Å². The van der Waals surface area contributed by atoms with Crippen molar-refractivity contribution in [2.45, 2.75) is 12.1 Å². The second-order valence-corrected chi connectivity index (χ2v) is 7.55. The molecular weight excluding hydrogens is 415 g/mol. The molecule has 1 amide bonds. The molecule has 0 aliphatic heterocycles. The Labute approximate surface area is 169 Å². The first-order valence-corrected chi connectivity index (χ1v) is 9.60. The lowest BCUT2D eigenvalue weighted by Crippen LogP contribution is -2.14. The van der Waals surface area contributed by atoms with Gasteiger partial charge in [-0.05, 0) is 42.8 Å². The van der Waals surface area contributed by atoms with E-state index in [1.165, 1.54) is 11.8 Å².